The summed E-state index contributed by atoms with van der Waals surface area (Å²) in [4.78, 5) is 0. The van der Waals surface area contributed by atoms with E-state index in [1.807, 2.05) is 0 Å². The summed E-state index contributed by atoms with van der Waals surface area (Å²) in [6.07, 6.45) is 0. The summed E-state index contributed by atoms with van der Waals surface area (Å²) in [5.41, 5.74) is 5.04. The molecule has 0 radical (unpaired) electrons. The van der Waals surface area contributed by atoms with E-state index in [4.69, 9.17) is 27.5 Å². The molecule has 5 heteroatoms. The summed E-state index contributed by atoms with van der Waals surface area (Å²) in [6, 6.07) is 0.831. The molecule has 0 atom stereocenters. The zero-order chi connectivity index (χ0) is 8.59. The maximum Gasteiger partial charge on any atom is 0.195 e. The third-order valence-electron chi connectivity index (χ3n) is 1.19. The summed E-state index contributed by atoms with van der Waals surface area (Å²) in [5, 5.41) is 17.4. The lowest BCUT2D eigenvalue weighted by atomic mass is 10.2. The molecule has 0 aliphatic carbocycles. The monoisotopic (exact) mass is 177 g/mol. The van der Waals surface area contributed by atoms with Gasteiger partial charge in [-0.15, -0.1) is 0 Å². The van der Waals surface area contributed by atoms with Crippen molar-refractivity contribution in [2.24, 2.45) is 0 Å². The van der Waals surface area contributed by atoms with Crippen LogP contribution in [0.1, 0.15) is 0 Å². The first-order valence-corrected chi connectivity index (χ1v) is 3.07. The summed E-state index contributed by atoms with van der Waals surface area (Å²) in [5.74, 6) is -2.61. The minimum atomic E-state index is -0.996. The fourth-order valence-electron chi connectivity index (χ4n) is 0.622. The van der Waals surface area contributed by atoms with E-state index < -0.39 is 17.3 Å². The third-order valence-corrected chi connectivity index (χ3v) is 1.59. The highest BCUT2D eigenvalue weighted by Crippen LogP contribution is 2.38. The summed E-state index contributed by atoms with van der Waals surface area (Å²) < 4.78 is 12.5. The van der Waals surface area contributed by atoms with Crippen LogP contribution >= 0.6 is 11.6 Å². The van der Waals surface area contributed by atoms with E-state index in [0.29, 0.717) is 0 Å². The first kappa shape index (κ1) is 7.94. The summed E-state index contributed by atoms with van der Waals surface area (Å²) in [7, 11) is 0. The SMILES string of the molecule is Nc1cc(F)c(O)c(O)c1Cl. The minimum Gasteiger partial charge on any atom is -0.503 e. The number of rotatable bonds is 0. The van der Waals surface area contributed by atoms with E-state index >= 15 is 0 Å². The molecule has 0 heterocycles. The van der Waals surface area contributed by atoms with Gasteiger partial charge in [-0.3, -0.25) is 0 Å². The molecule has 0 aliphatic rings. The second-order valence-electron chi connectivity index (χ2n) is 1.96. The second-order valence-corrected chi connectivity index (χ2v) is 2.34. The van der Waals surface area contributed by atoms with Gasteiger partial charge in [0, 0.05) is 6.07 Å². The molecule has 0 amide bonds. The average Bonchev–Trinajstić information content (AvgIpc) is 1.97. The van der Waals surface area contributed by atoms with Gasteiger partial charge in [0.05, 0.1) is 5.69 Å². The van der Waals surface area contributed by atoms with Gasteiger partial charge in [0.1, 0.15) is 5.02 Å². The number of hydrogen-bond donors (Lipinski definition) is 3. The lowest BCUT2D eigenvalue weighted by molar-refractivity contribution is 0.379. The Hall–Kier alpha value is -1.16. The molecule has 4 N–H and O–H groups in total. The van der Waals surface area contributed by atoms with E-state index in [-0.39, 0.29) is 10.7 Å². The van der Waals surface area contributed by atoms with Crippen molar-refractivity contribution in [3.8, 4) is 11.5 Å². The van der Waals surface area contributed by atoms with Gasteiger partial charge in [0.2, 0.25) is 0 Å². The van der Waals surface area contributed by atoms with Gasteiger partial charge in [-0.05, 0) is 0 Å². The van der Waals surface area contributed by atoms with Crippen LogP contribution < -0.4 is 5.73 Å². The molecule has 0 bridgehead atoms. The Morgan fingerprint density at radius 1 is 1.36 bits per heavy atom. The lowest BCUT2D eigenvalue weighted by Gasteiger charge is -2.03. The highest BCUT2D eigenvalue weighted by molar-refractivity contribution is 6.34. The number of phenolic OH excluding ortho intramolecular Hbond substituents is 2. The number of nitrogens with two attached hydrogens (primary N) is 1. The van der Waals surface area contributed by atoms with Crippen LogP contribution in [0.15, 0.2) is 6.07 Å². The molecule has 0 aliphatic heterocycles. The molecule has 1 aromatic rings. The molecule has 0 spiro atoms. The second kappa shape index (κ2) is 2.47. The van der Waals surface area contributed by atoms with Crippen molar-refractivity contribution >= 4 is 17.3 Å². The van der Waals surface area contributed by atoms with E-state index in [1.165, 1.54) is 0 Å². The molecule has 3 nitrogen and oxygen atoms in total. The smallest absolute Gasteiger partial charge is 0.195 e. The predicted molar refractivity (Wildman–Crippen MR) is 39.2 cm³/mol. The van der Waals surface area contributed by atoms with Gasteiger partial charge in [0.15, 0.2) is 17.3 Å². The largest absolute Gasteiger partial charge is 0.503 e. The molecule has 0 aromatic heterocycles. The van der Waals surface area contributed by atoms with Crippen LogP contribution in [0.2, 0.25) is 5.02 Å². The average molecular weight is 178 g/mol. The van der Waals surface area contributed by atoms with Crippen LogP contribution in [-0.4, -0.2) is 10.2 Å². The van der Waals surface area contributed by atoms with Crippen LogP contribution in [-0.2, 0) is 0 Å². The molecule has 60 valence electrons. The number of halogens is 2. The quantitative estimate of drug-likeness (QED) is 0.319. The normalized spacial score (nSPS) is 10.0. The predicted octanol–water partition coefficient (Wildman–Crippen LogP) is 1.47. The van der Waals surface area contributed by atoms with E-state index in [2.05, 4.69) is 0 Å². The van der Waals surface area contributed by atoms with Gasteiger partial charge in [-0.25, -0.2) is 4.39 Å². The standard InChI is InChI=1S/C6H5ClFNO2/c7-4-3(9)1-2(8)5(10)6(4)11/h1,10-11H,9H2. The van der Waals surface area contributed by atoms with Crippen LogP contribution in [0.3, 0.4) is 0 Å². The molecular weight excluding hydrogens is 173 g/mol. The van der Waals surface area contributed by atoms with Gasteiger partial charge in [-0.2, -0.15) is 0 Å². The van der Waals surface area contributed by atoms with Gasteiger partial charge >= 0.3 is 0 Å². The van der Waals surface area contributed by atoms with E-state index in [1.54, 1.807) is 0 Å². The Labute approximate surface area is 66.8 Å². The Morgan fingerprint density at radius 2 is 1.91 bits per heavy atom. The Kier molecular flexibility index (Phi) is 1.78. The summed E-state index contributed by atoms with van der Waals surface area (Å²) >= 11 is 5.35. The van der Waals surface area contributed by atoms with Crippen molar-refractivity contribution in [1.82, 2.24) is 0 Å². The third kappa shape index (κ3) is 1.17. The lowest BCUT2D eigenvalue weighted by Crippen LogP contribution is -1.89. The zero-order valence-corrected chi connectivity index (χ0v) is 6.06. The topological polar surface area (TPSA) is 66.5 Å². The first-order chi connectivity index (χ1) is 5.04. The number of aromatic hydroxyl groups is 2. The molecule has 11 heavy (non-hydrogen) atoms. The fourth-order valence-corrected chi connectivity index (χ4v) is 0.766. The molecule has 1 rings (SSSR count). The van der Waals surface area contributed by atoms with Gasteiger partial charge in [-0.1, -0.05) is 11.6 Å². The number of benzene rings is 1. The van der Waals surface area contributed by atoms with Crippen LogP contribution in [0, 0.1) is 5.82 Å². The maximum absolute atomic E-state index is 12.5. The molecule has 1 aromatic carbocycles. The zero-order valence-electron chi connectivity index (χ0n) is 5.31. The molecule has 0 fully saturated rings. The Bertz CT molecular complexity index is 277. The van der Waals surface area contributed by atoms with Crippen molar-refractivity contribution in [3.63, 3.8) is 0 Å². The van der Waals surface area contributed by atoms with Crippen molar-refractivity contribution in [3.05, 3.63) is 16.9 Å². The van der Waals surface area contributed by atoms with Crippen molar-refractivity contribution in [1.29, 1.82) is 0 Å². The number of nitrogen functional groups attached to an aromatic ring is 1. The minimum absolute atomic E-state index is 0.112. The van der Waals surface area contributed by atoms with Crippen LogP contribution in [0.5, 0.6) is 11.5 Å². The highest BCUT2D eigenvalue weighted by atomic mass is 35.5. The van der Waals surface area contributed by atoms with Crippen molar-refractivity contribution < 1.29 is 14.6 Å². The number of hydrogen-bond acceptors (Lipinski definition) is 3. The molecular formula is C6H5ClFNO2. The van der Waals surface area contributed by atoms with E-state index in [0.717, 1.165) is 6.07 Å². The van der Waals surface area contributed by atoms with Crippen LogP contribution in [0.25, 0.3) is 0 Å². The van der Waals surface area contributed by atoms with E-state index in [9.17, 15) is 4.39 Å². The van der Waals surface area contributed by atoms with Crippen molar-refractivity contribution in [2.45, 2.75) is 0 Å². The maximum atomic E-state index is 12.5. The molecule has 0 saturated heterocycles. The Balaban J connectivity index is 3.46. The highest BCUT2D eigenvalue weighted by Gasteiger charge is 2.13. The molecule has 0 unspecified atom stereocenters. The van der Waals surface area contributed by atoms with Crippen molar-refractivity contribution in [2.75, 3.05) is 5.73 Å². The first-order valence-electron chi connectivity index (χ1n) is 2.69. The molecule has 0 saturated carbocycles. The van der Waals surface area contributed by atoms with Crippen LogP contribution in [0.4, 0.5) is 10.1 Å². The fraction of sp³-hybridized carbons (Fsp3) is 0. The Morgan fingerprint density at radius 3 is 2.45 bits per heavy atom. The van der Waals surface area contributed by atoms with Gasteiger partial charge < -0.3 is 15.9 Å². The number of phenols is 2. The summed E-state index contributed by atoms with van der Waals surface area (Å²) in [6.45, 7) is 0. The number of anilines is 1. The van der Waals surface area contributed by atoms with Gasteiger partial charge in [0.25, 0.3) is 0 Å².